The number of aryl methyl sites for hydroxylation is 1. The number of aromatic nitrogens is 3. The first-order valence-electron chi connectivity index (χ1n) is 9.08. The van der Waals surface area contributed by atoms with Gasteiger partial charge in [0, 0.05) is 31.1 Å². The van der Waals surface area contributed by atoms with Crippen molar-refractivity contribution in [2.45, 2.75) is 32.1 Å². The summed E-state index contributed by atoms with van der Waals surface area (Å²) in [4.78, 5) is 7.39. The molecule has 1 aromatic carbocycles. The van der Waals surface area contributed by atoms with Gasteiger partial charge in [-0.15, -0.1) is 0 Å². The minimum atomic E-state index is 0.451. The summed E-state index contributed by atoms with van der Waals surface area (Å²) in [5, 5.41) is 4.40. The number of fused-ring (bicyclic) bond motifs is 1. The van der Waals surface area contributed by atoms with Crippen LogP contribution in [0.2, 0.25) is 0 Å². The Labute approximate surface area is 148 Å². The van der Waals surface area contributed by atoms with Crippen molar-refractivity contribution in [1.82, 2.24) is 19.5 Å². The second kappa shape index (κ2) is 6.84. The number of anilines is 1. The highest BCUT2D eigenvalue weighted by atomic mass is 15.3. The average Bonchev–Trinajstić information content (AvgIpc) is 3.02. The van der Waals surface area contributed by atoms with Crippen LogP contribution < -0.4 is 5.73 Å². The van der Waals surface area contributed by atoms with E-state index in [0.29, 0.717) is 11.7 Å². The molecule has 25 heavy (non-hydrogen) atoms. The lowest BCUT2D eigenvalue weighted by Gasteiger charge is -2.32. The molecule has 1 fully saturated rings. The summed E-state index contributed by atoms with van der Waals surface area (Å²) in [5.41, 5.74) is 10.5. The maximum absolute atomic E-state index is 6.19. The molecule has 3 heterocycles. The molecular weight excluding hydrogens is 310 g/mol. The van der Waals surface area contributed by atoms with Crippen LogP contribution in [0.25, 0.3) is 5.65 Å². The number of nitrogens with two attached hydrogens (primary N) is 1. The zero-order chi connectivity index (χ0) is 17.2. The van der Waals surface area contributed by atoms with Crippen molar-refractivity contribution < 1.29 is 0 Å². The van der Waals surface area contributed by atoms with E-state index >= 15 is 0 Å². The van der Waals surface area contributed by atoms with Crippen LogP contribution in [0.5, 0.6) is 0 Å². The Bertz CT molecular complexity index is 855. The van der Waals surface area contributed by atoms with Gasteiger partial charge >= 0.3 is 0 Å². The van der Waals surface area contributed by atoms with Crippen LogP contribution in [0.4, 0.5) is 5.82 Å². The highest BCUT2D eigenvalue weighted by Gasteiger charge is 2.23. The van der Waals surface area contributed by atoms with E-state index in [4.69, 9.17) is 10.7 Å². The topological polar surface area (TPSA) is 59.5 Å². The number of likely N-dealkylation sites (tertiary alicyclic amines) is 1. The fourth-order valence-corrected chi connectivity index (χ4v) is 3.77. The first-order chi connectivity index (χ1) is 12.2. The Morgan fingerprint density at radius 1 is 1.20 bits per heavy atom. The van der Waals surface area contributed by atoms with Crippen molar-refractivity contribution in [1.29, 1.82) is 0 Å². The van der Waals surface area contributed by atoms with Gasteiger partial charge in [0.05, 0.1) is 11.4 Å². The number of nitrogen functional groups attached to an aromatic ring is 1. The van der Waals surface area contributed by atoms with Crippen molar-refractivity contribution in [2.75, 3.05) is 25.4 Å². The molecule has 0 radical (unpaired) electrons. The highest BCUT2D eigenvalue weighted by Crippen LogP contribution is 2.27. The zero-order valence-corrected chi connectivity index (χ0v) is 14.7. The van der Waals surface area contributed by atoms with Crippen LogP contribution in [-0.2, 0) is 6.42 Å². The quantitative estimate of drug-likeness (QED) is 0.796. The van der Waals surface area contributed by atoms with Gasteiger partial charge in [0.25, 0.3) is 0 Å². The van der Waals surface area contributed by atoms with Crippen molar-refractivity contribution in [3.8, 4) is 0 Å². The van der Waals surface area contributed by atoms with Gasteiger partial charge in [0.1, 0.15) is 5.82 Å². The standard InChI is InChI=1S/C20H25N5/c1-15-12-20-22-18(13-19(21)25(20)23-15)17-8-5-10-24(14-17)11-9-16-6-3-2-4-7-16/h2-4,6-7,12-13,17H,5,8-11,14,21H2,1H3/t17-/m0/s1. The van der Waals surface area contributed by atoms with Gasteiger partial charge in [-0.3, -0.25) is 0 Å². The molecule has 2 N–H and O–H groups in total. The minimum absolute atomic E-state index is 0.451. The van der Waals surface area contributed by atoms with E-state index in [2.05, 4.69) is 40.3 Å². The fourth-order valence-electron chi connectivity index (χ4n) is 3.77. The summed E-state index contributed by atoms with van der Waals surface area (Å²) >= 11 is 0. The molecule has 1 atom stereocenters. The maximum atomic E-state index is 6.19. The molecule has 4 rings (SSSR count). The van der Waals surface area contributed by atoms with Crippen LogP contribution in [0.1, 0.15) is 35.7 Å². The summed E-state index contributed by atoms with van der Waals surface area (Å²) < 4.78 is 1.73. The molecule has 1 saturated heterocycles. The third kappa shape index (κ3) is 3.51. The smallest absolute Gasteiger partial charge is 0.157 e. The predicted molar refractivity (Wildman–Crippen MR) is 101 cm³/mol. The molecule has 5 nitrogen and oxygen atoms in total. The summed E-state index contributed by atoms with van der Waals surface area (Å²) in [6, 6.07) is 14.7. The number of rotatable bonds is 4. The van der Waals surface area contributed by atoms with Crippen molar-refractivity contribution in [3.05, 3.63) is 59.4 Å². The molecular formula is C20H25N5. The fraction of sp³-hybridized carbons (Fsp3) is 0.400. The van der Waals surface area contributed by atoms with Crippen molar-refractivity contribution in [2.24, 2.45) is 0 Å². The third-order valence-electron chi connectivity index (χ3n) is 5.08. The molecule has 5 heteroatoms. The van der Waals surface area contributed by atoms with Gasteiger partial charge in [-0.25, -0.2) is 4.98 Å². The normalized spacial score (nSPS) is 18.7. The Morgan fingerprint density at radius 3 is 2.88 bits per heavy atom. The monoisotopic (exact) mass is 335 g/mol. The number of nitrogens with zero attached hydrogens (tertiary/aromatic N) is 4. The van der Waals surface area contributed by atoms with Crippen molar-refractivity contribution >= 4 is 11.5 Å². The molecule has 130 valence electrons. The number of piperidine rings is 1. The van der Waals surface area contributed by atoms with E-state index in [1.165, 1.54) is 24.9 Å². The Kier molecular flexibility index (Phi) is 4.40. The largest absolute Gasteiger partial charge is 0.384 e. The average molecular weight is 335 g/mol. The third-order valence-corrected chi connectivity index (χ3v) is 5.08. The first kappa shape index (κ1) is 16.1. The molecule has 0 unspecified atom stereocenters. The van der Waals surface area contributed by atoms with Gasteiger partial charge in [-0.05, 0) is 38.3 Å². The maximum Gasteiger partial charge on any atom is 0.157 e. The molecule has 3 aromatic rings. The molecule has 1 aliphatic rings. The number of benzene rings is 1. The lowest BCUT2D eigenvalue weighted by molar-refractivity contribution is 0.208. The van der Waals surface area contributed by atoms with Crippen LogP contribution in [0.3, 0.4) is 0 Å². The van der Waals surface area contributed by atoms with Gasteiger partial charge in [0.2, 0.25) is 0 Å². The van der Waals surface area contributed by atoms with E-state index in [1.807, 2.05) is 19.1 Å². The summed E-state index contributed by atoms with van der Waals surface area (Å²) in [6.45, 7) is 5.30. The molecule has 0 aliphatic carbocycles. The molecule has 2 aromatic heterocycles. The summed E-state index contributed by atoms with van der Waals surface area (Å²) in [7, 11) is 0. The zero-order valence-electron chi connectivity index (χ0n) is 14.7. The SMILES string of the molecule is Cc1cc2nc([C@H]3CCCN(CCc4ccccc4)C3)cc(N)n2n1. The molecule has 0 saturated carbocycles. The van der Waals surface area contributed by atoms with Gasteiger partial charge in [-0.2, -0.15) is 9.61 Å². The van der Waals surface area contributed by atoms with E-state index in [-0.39, 0.29) is 0 Å². The Hall–Kier alpha value is -2.40. The van der Waals surface area contributed by atoms with Crippen LogP contribution in [0, 0.1) is 6.92 Å². The van der Waals surface area contributed by atoms with E-state index in [0.717, 1.165) is 36.5 Å². The first-order valence-corrected chi connectivity index (χ1v) is 9.08. The van der Waals surface area contributed by atoms with Gasteiger partial charge in [0.15, 0.2) is 5.65 Å². The lowest BCUT2D eigenvalue weighted by atomic mass is 9.94. The van der Waals surface area contributed by atoms with Crippen LogP contribution >= 0.6 is 0 Å². The van der Waals surface area contributed by atoms with Gasteiger partial charge in [-0.1, -0.05) is 30.3 Å². The summed E-state index contributed by atoms with van der Waals surface area (Å²) in [5.74, 6) is 1.13. The Balaban J connectivity index is 1.47. The predicted octanol–water partition coefficient (Wildman–Crippen LogP) is 3.04. The number of hydrogen-bond donors (Lipinski definition) is 1. The molecule has 1 aliphatic heterocycles. The second-order valence-electron chi connectivity index (χ2n) is 7.04. The molecule has 0 amide bonds. The van der Waals surface area contributed by atoms with Gasteiger partial charge < -0.3 is 10.6 Å². The highest BCUT2D eigenvalue weighted by molar-refractivity contribution is 5.48. The Morgan fingerprint density at radius 2 is 2.04 bits per heavy atom. The van der Waals surface area contributed by atoms with Crippen molar-refractivity contribution in [3.63, 3.8) is 0 Å². The van der Waals surface area contributed by atoms with Crippen LogP contribution in [0.15, 0.2) is 42.5 Å². The number of hydrogen-bond acceptors (Lipinski definition) is 4. The molecule has 0 spiro atoms. The van der Waals surface area contributed by atoms with E-state index in [9.17, 15) is 0 Å². The second-order valence-corrected chi connectivity index (χ2v) is 7.04. The van der Waals surface area contributed by atoms with Crippen LogP contribution in [-0.4, -0.2) is 39.1 Å². The summed E-state index contributed by atoms with van der Waals surface area (Å²) in [6.07, 6.45) is 3.49. The van der Waals surface area contributed by atoms with E-state index in [1.54, 1.807) is 4.52 Å². The minimum Gasteiger partial charge on any atom is -0.384 e. The lowest BCUT2D eigenvalue weighted by Crippen LogP contribution is -2.36. The molecule has 0 bridgehead atoms. The van der Waals surface area contributed by atoms with E-state index < -0.39 is 0 Å².